The second-order valence-electron chi connectivity index (χ2n) is 5.68. The Balaban J connectivity index is 1.92. The number of aliphatic carboxylic acids is 1. The van der Waals surface area contributed by atoms with Crippen LogP contribution in [0.3, 0.4) is 0 Å². The van der Waals surface area contributed by atoms with Gasteiger partial charge in [-0.05, 0) is 48.4 Å². The molecule has 1 aromatic rings. The lowest BCUT2D eigenvalue weighted by molar-refractivity contribution is -0.131. The molecule has 0 radical (unpaired) electrons. The topological polar surface area (TPSA) is 66.4 Å². The summed E-state index contributed by atoms with van der Waals surface area (Å²) in [5.41, 5.74) is 1.67. The summed E-state index contributed by atoms with van der Waals surface area (Å²) >= 11 is 0. The molecule has 0 atom stereocenters. The van der Waals surface area contributed by atoms with Crippen LogP contribution in [-0.4, -0.2) is 23.5 Å². The molecule has 0 aromatic heterocycles. The Morgan fingerprint density at radius 3 is 2.43 bits per heavy atom. The zero-order chi connectivity index (χ0) is 15.3. The van der Waals surface area contributed by atoms with Crippen molar-refractivity contribution in [3.05, 3.63) is 41.5 Å². The third kappa shape index (κ3) is 3.94. The quantitative estimate of drug-likeness (QED) is 0.790. The van der Waals surface area contributed by atoms with Gasteiger partial charge in [-0.1, -0.05) is 25.5 Å². The van der Waals surface area contributed by atoms with Crippen molar-refractivity contribution in [2.24, 2.45) is 5.41 Å². The summed E-state index contributed by atoms with van der Waals surface area (Å²) < 4.78 is 0. The van der Waals surface area contributed by atoms with E-state index in [-0.39, 0.29) is 5.91 Å². The lowest BCUT2D eigenvalue weighted by Gasteiger charge is -2.41. The van der Waals surface area contributed by atoms with Crippen LogP contribution in [0.5, 0.6) is 0 Å². The van der Waals surface area contributed by atoms with E-state index in [0.717, 1.165) is 24.6 Å². The van der Waals surface area contributed by atoms with Gasteiger partial charge in [0.15, 0.2) is 0 Å². The summed E-state index contributed by atoms with van der Waals surface area (Å²) in [5.74, 6) is -1.05. The summed E-state index contributed by atoms with van der Waals surface area (Å²) in [6.45, 7) is 2.91. The number of hydrogen-bond acceptors (Lipinski definition) is 2. The van der Waals surface area contributed by atoms with E-state index in [1.807, 2.05) is 0 Å². The average molecular weight is 287 g/mol. The van der Waals surface area contributed by atoms with Gasteiger partial charge < -0.3 is 10.4 Å². The summed E-state index contributed by atoms with van der Waals surface area (Å²) in [5, 5.41) is 11.6. The van der Waals surface area contributed by atoms with Crippen molar-refractivity contribution in [3.63, 3.8) is 0 Å². The molecule has 0 bridgehead atoms. The molecule has 1 aliphatic carbocycles. The van der Waals surface area contributed by atoms with E-state index in [1.54, 1.807) is 24.3 Å². The highest BCUT2D eigenvalue weighted by molar-refractivity contribution is 5.94. The van der Waals surface area contributed by atoms with Crippen LogP contribution in [0.1, 0.15) is 48.5 Å². The minimum Gasteiger partial charge on any atom is -0.478 e. The predicted molar refractivity (Wildman–Crippen MR) is 82.0 cm³/mol. The second-order valence-corrected chi connectivity index (χ2v) is 5.68. The molecule has 0 heterocycles. The van der Waals surface area contributed by atoms with Gasteiger partial charge in [0.05, 0.1) is 0 Å². The molecule has 1 aliphatic rings. The van der Waals surface area contributed by atoms with Crippen LogP contribution in [-0.2, 0) is 4.79 Å². The smallest absolute Gasteiger partial charge is 0.328 e. The monoisotopic (exact) mass is 287 g/mol. The normalized spacial score (nSPS) is 16.4. The molecule has 21 heavy (non-hydrogen) atoms. The Morgan fingerprint density at radius 2 is 1.95 bits per heavy atom. The SMILES string of the molecule is CCC1(CNC(=O)c2ccc(/C=C/C(=O)O)cc2)CCC1. The molecule has 1 amide bonds. The maximum Gasteiger partial charge on any atom is 0.328 e. The van der Waals surface area contributed by atoms with Gasteiger partial charge in [-0.2, -0.15) is 0 Å². The van der Waals surface area contributed by atoms with E-state index in [1.165, 1.54) is 25.3 Å². The summed E-state index contributed by atoms with van der Waals surface area (Å²) in [4.78, 5) is 22.5. The number of carboxylic acids is 1. The van der Waals surface area contributed by atoms with Gasteiger partial charge in [-0.3, -0.25) is 4.79 Å². The van der Waals surface area contributed by atoms with Gasteiger partial charge in [-0.25, -0.2) is 4.79 Å². The Hall–Kier alpha value is -2.10. The number of amides is 1. The third-order valence-corrected chi connectivity index (χ3v) is 4.38. The molecule has 2 N–H and O–H groups in total. The number of carbonyl (C=O) groups is 2. The first-order valence-corrected chi connectivity index (χ1v) is 7.34. The predicted octanol–water partition coefficient (Wildman–Crippen LogP) is 3.09. The molecule has 1 fully saturated rings. The first-order chi connectivity index (χ1) is 10.0. The van der Waals surface area contributed by atoms with Gasteiger partial charge in [0.2, 0.25) is 0 Å². The van der Waals surface area contributed by atoms with Crippen molar-refractivity contribution in [1.82, 2.24) is 5.32 Å². The van der Waals surface area contributed by atoms with Crippen molar-refractivity contribution in [2.75, 3.05) is 6.54 Å². The van der Waals surface area contributed by atoms with E-state index in [0.29, 0.717) is 11.0 Å². The lowest BCUT2D eigenvalue weighted by Crippen LogP contribution is -2.41. The molecule has 0 aliphatic heterocycles. The molecule has 1 aromatic carbocycles. The van der Waals surface area contributed by atoms with Gasteiger partial charge in [0, 0.05) is 18.2 Å². The van der Waals surface area contributed by atoms with Crippen LogP contribution >= 0.6 is 0 Å². The molecule has 112 valence electrons. The van der Waals surface area contributed by atoms with Gasteiger partial charge in [0.1, 0.15) is 0 Å². The highest BCUT2D eigenvalue weighted by atomic mass is 16.4. The zero-order valence-electron chi connectivity index (χ0n) is 12.3. The Kier molecular flexibility index (Phi) is 4.78. The second kappa shape index (κ2) is 6.57. The van der Waals surface area contributed by atoms with Crippen LogP contribution in [0.15, 0.2) is 30.3 Å². The summed E-state index contributed by atoms with van der Waals surface area (Å²) in [6.07, 6.45) is 7.34. The highest BCUT2D eigenvalue weighted by Crippen LogP contribution is 2.43. The summed E-state index contributed by atoms with van der Waals surface area (Å²) in [6, 6.07) is 6.92. The van der Waals surface area contributed by atoms with E-state index in [2.05, 4.69) is 12.2 Å². The molecule has 0 spiro atoms. The Morgan fingerprint density at radius 1 is 1.29 bits per heavy atom. The van der Waals surface area contributed by atoms with Crippen LogP contribution in [0.4, 0.5) is 0 Å². The first kappa shape index (κ1) is 15.3. The Labute approximate surface area is 124 Å². The molecule has 2 rings (SSSR count). The molecular weight excluding hydrogens is 266 g/mol. The van der Waals surface area contributed by atoms with Crippen LogP contribution in [0.2, 0.25) is 0 Å². The minimum absolute atomic E-state index is 0.0662. The van der Waals surface area contributed by atoms with Gasteiger partial charge >= 0.3 is 5.97 Å². The number of carbonyl (C=O) groups excluding carboxylic acids is 1. The van der Waals surface area contributed by atoms with Crippen molar-refractivity contribution in [1.29, 1.82) is 0 Å². The average Bonchev–Trinajstić information content (AvgIpc) is 2.44. The van der Waals surface area contributed by atoms with Crippen LogP contribution < -0.4 is 5.32 Å². The lowest BCUT2D eigenvalue weighted by atomic mass is 9.67. The van der Waals surface area contributed by atoms with E-state index < -0.39 is 5.97 Å². The van der Waals surface area contributed by atoms with Crippen molar-refractivity contribution in [2.45, 2.75) is 32.6 Å². The third-order valence-electron chi connectivity index (χ3n) is 4.38. The maximum atomic E-state index is 12.1. The van der Waals surface area contributed by atoms with E-state index >= 15 is 0 Å². The number of carboxylic acid groups (broad SMARTS) is 1. The maximum absolute atomic E-state index is 12.1. The van der Waals surface area contributed by atoms with Crippen molar-refractivity contribution in [3.8, 4) is 0 Å². The van der Waals surface area contributed by atoms with Gasteiger partial charge in [0.25, 0.3) is 5.91 Å². The van der Waals surface area contributed by atoms with E-state index in [4.69, 9.17) is 5.11 Å². The number of rotatable bonds is 6. The van der Waals surface area contributed by atoms with Crippen LogP contribution in [0.25, 0.3) is 6.08 Å². The minimum atomic E-state index is -0.984. The largest absolute Gasteiger partial charge is 0.478 e. The van der Waals surface area contributed by atoms with E-state index in [9.17, 15) is 9.59 Å². The fourth-order valence-electron chi connectivity index (χ4n) is 2.62. The number of benzene rings is 1. The molecule has 4 nitrogen and oxygen atoms in total. The molecule has 1 saturated carbocycles. The highest BCUT2D eigenvalue weighted by Gasteiger charge is 2.35. The fraction of sp³-hybridized carbons (Fsp3) is 0.412. The molecule has 0 saturated heterocycles. The standard InChI is InChI=1S/C17H21NO3/c1-2-17(10-3-11-17)12-18-16(21)14-7-4-13(5-8-14)6-9-15(19)20/h4-9H,2-3,10-12H2,1H3,(H,18,21)(H,19,20)/b9-6+. The molecular formula is C17H21NO3. The number of hydrogen-bond donors (Lipinski definition) is 2. The zero-order valence-corrected chi connectivity index (χ0v) is 12.3. The molecule has 0 unspecified atom stereocenters. The number of nitrogens with one attached hydrogen (secondary N) is 1. The first-order valence-electron chi connectivity index (χ1n) is 7.34. The van der Waals surface area contributed by atoms with Crippen molar-refractivity contribution < 1.29 is 14.7 Å². The summed E-state index contributed by atoms with van der Waals surface area (Å²) in [7, 11) is 0. The van der Waals surface area contributed by atoms with Gasteiger partial charge in [-0.15, -0.1) is 0 Å². The Bertz CT molecular complexity index is 536. The van der Waals surface area contributed by atoms with Crippen molar-refractivity contribution >= 4 is 18.0 Å². The van der Waals surface area contributed by atoms with Crippen LogP contribution in [0, 0.1) is 5.41 Å². The molecule has 4 heteroatoms. The fourth-order valence-corrected chi connectivity index (χ4v) is 2.62.